The number of sulfone groups is 1. The third-order valence-corrected chi connectivity index (χ3v) is 5.85. The van der Waals surface area contributed by atoms with Crippen molar-refractivity contribution in [2.75, 3.05) is 11.1 Å². The third kappa shape index (κ3) is 3.42. The van der Waals surface area contributed by atoms with Crippen LogP contribution in [0.5, 0.6) is 0 Å². The second kappa shape index (κ2) is 6.12. The van der Waals surface area contributed by atoms with Gasteiger partial charge in [0.1, 0.15) is 0 Å². The van der Waals surface area contributed by atoms with Crippen LogP contribution in [0, 0.1) is 5.92 Å². The Hall–Kier alpha value is -2.21. The molecule has 0 spiro atoms. The number of pyridine rings is 1. The summed E-state index contributed by atoms with van der Waals surface area (Å²) in [6, 6.07) is 10.2. The van der Waals surface area contributed by atoms with Crippen LogP contribution in [0.25, 0.3) is 0 Å². The average molecular weight is 330 g/mol. The van der Waals surface area contributed by atoms with Crippen molar-refractivity contribution < 1.29 is 13.2 Å². The monoisotopic (exact) mass is 330 g/mol. The Balaban J connectivity index is 1.63. The normalized spacial score (nSPS) is 20.0. The second-order valence-electron chi connectivity index (χ2n) is 5.65. The number of carbonyl (C=O) groups is 1. The average Bonchev–Trinajstić information content (AvgIpc) is 3.37. The molecule has 1 N–H and O–H groups in total. The van der Waals surface area contributed by atoms with E-state index in [0.29, 0.717) is 5.69 Å². The summed E-state index contributed by atoms with van der Waals surface area (Å²) in [6.45, 7) is 1.61. The van der Waals surface area contributed by atoms with E-state index in [1.807, 2.05) is 12.1 Å². The maximum absolute atomic E-state index is 12.2. The van der Waals surface area contributed by atoms with Crippen LogP contribution in [0.1, 0.15) is 24.8 Å². The number of nitrogens with zero attached hydrogens (tertiary/aromatic N) is 1. The second-order valence-corrected chi connectivity index (χ2v) is 7.93. The number of rotatable bonds is 5. The van der Waals surface area contributed by atoms with Gasteiger partial charge in [-0.3, -0.25) is 9.78 Å². The van der Waals surface area contributed by atoms with Gasteiger partial charge in [-0.15, -0.1) is 0 Å². The smallest absolute Gasteiger partial charge is 0.228 e. The summed E-state index contributed by atoms with van der Waals surface area (Å²) in [4.78, 5) is 16.6. The fourth-order valence-electron chi connectivity index (χ4n) is 2.60. The van der Waals surface area contributed by atoms with Crippen molar-refractivity contribution in [3.05, 3.63) is 54.4 Å². The van der Waals surface area contributed by atoms with Crippen molar-refractivity contribution >= 4 is 21.4 Å². The number of carbonyl (C=O) groups excluding carboxylic acids is 1. The summed E-state index contributed by atoms with van der Waals surface area (Å²) in [6.07, 6.45) is 4.33. The van der Waals surface area contributed by atoms with Gasteiger partial charge in [-0.05, 0) is 48.2 Å². The number of nitrogens with one attached hydrogen (secondary N) is 1. The quantitative estimate of drug-likeness (QED) is 0.914. The summed E-state index contributed by atoms with van der Waals surface area (Å²) in [5, 5.41) is 2.85. The van der Waals surface area contributed by atoms with E-state index in [2.05, 4.69) is 10.3 Å². The molecule has 1 aromatic heterocycles. The molecule has 120 valence electrons. The lowest BCUT2D eigenvalue weighted by atomic mass is 10.1. The summed E-state index contributed by atoms with van der Waals surface area (Å²) < 4.78 is 23.5. The minimum atomic E-state index is -3.21. The van der Waals surface area contributed by atoms with E-state index in [1.165, 1.54) is 12.1 Å². The minimum absolute atomic E-state index is 0.0371. The van der Waals surface area contributed by atoms with Crippen molar-refractivity contribution in [1.82, 2.24) is 4.98 Å². The summed E-state index contributed by atoms with van der Waals surface area (Å²) in [7, 11) is -3.21. The molecule has 0 saturated heterocycles. The van der Waals surface area contributed by atoms with Crippen molar-refractivity contribution in [3.8, 4) is 0 Å². The van der Waals surface area contributed by atoms with Crippen LogP contribution in [0.2, 0.25) is 0 Å². The number of aromatic nitrogens is 1. The summed E-state index contributed by atoms with van der Waals surface area (Å²) in [5.74, 6) is 0.208. The molecule has 1 aliphatic rings. The van der Waals surface area contributed by atoms with E-state index in [0.717, 1.165) is 12.0 Å². The van der Waals surface area contributed by atoms with Gasteiger partial charge in [0.05, 0.1) is 10.6 Å². The molecule has 5 nitrogen and oxygen atoms in total. The number of hydrogen-bond acceptors (Lipinski definition) is 4. The van der Waals surface area contributed by atoms with Crippen LogP contribution in [-0.2, 0) is 14.6 Å². The Labute approximate surface area is 135 Å². The van der Waals surface area contributed by atoms with Crippen LogP contribution in [0.4, 0.5) is 5.69 Å². The molecule has 1 aliphatic carbocycles. The molecule has 1 aromatic carbocycles. The molecule has 3 rings (SSSR count). The highest BCUT2D eigenvalue weighted by Gasteiger charge is 2.44. The summed E-state index contributed by atoms with van der Waals surface area (Å²) >= 11 is 0. The third-order valence-electron chi connectivity index (χ3n) is 4.10. The van der Waals surface area contributed by atoms with Gasteiger partial charge in [0.25, 0.3) is 0 Å². The molecule has 23 heavy (non-hydrogen) atoms. The minimum Gasteiger partial charge on any atom is -0.326 e. The van der Waals surface area contributed by atoms with Gasteiger partial charge in [-0.2, -0.15) is 0 Å². The van der Waals surface area contributed by atoms with Gasteiger partial charge in [0, 0.05) is 24.0 Å². The van der Waals surface area contributed by atoms with E-state index < -0.39 is 9.84 Å². The zero-order valence-corrected chi connectivity index (χ0v) is 13.6. The number of hydrogen-bond donors (Lipinski definition) is 1. The van der Waals surface area contributed by atoms with Crippen LogP contribution in [0.3, 0.4) is 0 Å². The van der Waals surface area contributed by atoms with Crippen molar-refractivity contribution in [3.63, 3.8) is 0 Å². The fraction of sp³-hybridized carbons (Fsp3) is 0.294. The molecule has 1 saturated carbocycles. The van der Waals surface area contributed by atoms with Crippen molar-refractivity contribution in [1.29, 1.82) is 0 Å². The van der Waals surface area contributed by atoms with Crippen LogP contribution in [-0.4, -0.2) is 25.1 Å². The van der Waals surface area contributed by atoms with E-state index in [4.69, 9.17) is 0 Å². The molecular weight excluding hydrogens is 312 g/mol. The molecule has 6 heteroatoms. The van der Waals surface area contributed by atoms with Crippen molar-refractivity contribution in [2.45, 2.75) is 24.2 Å². The van der Waals surface area contributed by atoms with Gasteiger partial charge >= 0.3 is 0 Å². The van der Waals surface area contributed by atoms with Crippen LogP contribution in [0.15, 0.2) is 53.7 Å². The lowest BCUT2D eigenvalue weighted by Gasteiger charge is -2.06. The predicted octanol–water partition coefficient (Wildman–Crippen LogP) is 2.62. The van der Waals surface area contributed by atoms with E-state index in [1.54, 1.807) is 31.5 Å². The molecule has 0 unspecified atom stereocenters. The zero-order valence-electron chi connectivity index (χ0n) is 12.8. The molecule has 1 heterocycles. The molecule has 1 amide bonds. The molecule has 0 aliphatic heterocycles. The van der Waals surface area contributed by atoms with E-state index in [9.17, 15) is 13.2 Å². The Bertz CT molecular complexity index is 801. The SMILES string of the molecule is CCS(=O)(=O)c1ccc(NC(=O)[C@@H]2C[C@@H]2c2cccnc2)cc1. The number of amides is 1. The lowest BCUT2D eigenvalue weighted by molar-refractivity contribution is -0.117. The first-order valence-corrected chi connectivity index (χ1v) is 9.20. The summed E-state index contributed by atoms with van der Waals surface area (Å²) in [5.41, 5.74) is 1.69. The number of benzene rings is 1. The molecule has 0 radical (unpaired) electrons. The van der Waals surface area contributed by atoms with Gasteiger partial charge in [0.15, 0.2) is 9.84 Å². The highest BCUT2D eigenvalue weighted by atomic mass is 32.2. The van der Waals surface area contributed by atoms with Crippen LogP contribution < -0.4 is 5.32 Å². The lowest BCUT2D eigenvalue weighted by Crippen LogP contribution is -2.14. The first kappa shape index (κ1) is 15.7. The van der Waals surface area contributed by atoms with Crippen molar-refractivity contribution in [2.24, 2.45) is 5.92 Å². The number of anilines is 1. The maximum Gasteiger partial charge on any atom is 0.228 e. The highest BCUT2D eigenvalue weighted by Crippen LogP contribution is 2.47. The molecule has 2 atom stereocenters. The maximum atomic E-state index is 12.2. The fourth-order valence-corrected chi connectivity index (χ4v) is 3.48. The van der Waals surface area contributed by atoms with Gasteiger partial charge in [-0.25, -0.2) is 8.42 Å². The van der Waals surface area contributed by atoms with Crippen LogP contribution >= 0.6 is 0 Å². The molecule has 0 bridgehead atoms. The largest absolute Gasteiger partial charge is 0.326 e. The standard InChI is InChI=1S/C17H18N2O3S/c1-2-23(21,22)14-7-5-13(6-8-14)19-17(20)16-10-15(16)12-4-3-9-18-11-12/h3-9,11,15-16H,2,10H2,1H3,(H,19,20)/t15-,16-/m1/s1. The zero-order chi connectivity index (χ0) is 16.4. The Morgan fingerprint density at radius 2 is 2.00 bits per heavy atom. The topological polar surface area (TPSA) is 76.1 Å². The molecule has 1 fully saturated rings. The van der Waals surface area contributed by atoms with E-state index in [-0.39, 0.29) is 28.4 Å². The van der Waals surface area contributed by atoms with Gasteiger partial charge < -0.3 is 5.32 Å². The first-order valence-electron chi connectivity index (χ1n) is 7.55. The molecule has 2 aromatic rings. The molecular formula is C17H18N2O3S. The van der Waals surface area contributed by atoms with Gasteiger partial charge in [0.2, 0.25) is 5.91 Å². The first-order chi connectivity index (χ1) is 11.0. The Kier molecular flexibility index (Phi) is 4.17. The Morgan fingerprint density at radius 1 is 1.26 bits per heavy atom. The van der Waals surface area contributed by atoms with E-state index >= 15 is 0 Å². The predicted molar refractivity (Wildman–Crippen MR) is 87.9 cm³/mol. The highest BCUT2D eigenvalue weighted by molar-refractivity contribution is 7.91. The van der Waals surface area contributed by atoms with Gasteiger partial charge in [-0.1, -0.05) is 13.0 Å². The Morgan fingerprint density at radius 3 is 2.61 bits per heavy atom.